The molecule has 1 N–H and O–H groups in total. The molecule has 1 unspecified atom stereocenters. The quantitative estimate of drug-likeness (QED) is 0.709. The topological polar surface area (TPSA) is 57.4 Å². The number of aromatic hydroxyl groups is 1. The smallest absolute Gasteiger partial charge is 0.220 e. The molecule has 2 aromatic heterocycles. The van der Waals surface area contributed by atoms with Crippen LogP contribution in [0.15, 0.2) is 54.7 Å². The van der Waals surface area contributed by atoms with Gasteiger partial charge in [-0.25, -0.2) is 4.98 Å². The van der Waals surface area contributed by atoms with E-state index in [0.717, 1.165) is 69.7 Å². The highest BCUT2D eigenvalue weighted by Crippen LogP contribution is 2.40. The van der Waals surface area contributed by atoms with Crippen molar-refractivity contribution in [2.45, 2.75) is 31.7 Å². The van der Waals surface area contributed by atoms with Crippen molar-refractivity contribution < 1.29 is 5.11 Å². The van der Waals surface area contributed by atoms with E-state index in [-0.39, 0.29) is 11.9 Å². The highest BCUT2D eigenvalue weighted by Gasteiger charge is 2.34. The Labute approximate surface area is 177 Å². The summed E-state index contributed by atoms with van der Waals surface area (Å²) in [4.78, 5) is 9.47. The largest absolute Gasteiger partial charge is 0.493 e. The van der Waals surface area contributed by atoms with E-state index in [1.807, 2.05) is 18.2 Å². The number of fused-ring (bicyclic) bond motifs is 1. The van der Waals surface area contributed by atoms with Crippen LogP contribution in [-0.2, 0) is 12.8 Å². The third-order valence-electron chi connectivity index (χ3n) is 6.47. The second-order valence-electron chi connectivity index (χ2n) is 8.30. The Morgan fingerprint density at radius 2 is 1.77 bits per heavy atom. The van der Waals surface area contributed by atoms with Crippen molar-refractivity contribution in [3.8, 4) is 11.7 Å². The van der Waals surface area contributed by atoms with Crippen LogP contribution in [0.25, 0.3) is 5.82 Å². The molecule has 5 rings (SSSR count). The van der Waals surface area contributed by atoms with E-state index >= 15 is 0 Å². The number of piperazine rings is 1. The molecule has 1 atom stereocenters. The third-order valence-corrected chi connectivity index (χ3v) is 6.47. The number of rotatable bonds is 5. The second kappa shape index (κ2) is 8.58. The Kier molecular flexibility index (Phi) is 5.51. The number of hydrogen-bond acceptors (Lipinski definition) is 5. The van der Waals surface area contributed by atoms with Crippen LogP contribution in [0, 0.1) is 0 Å². The molecular formula is C24H29N5O. The highest BCUT2D eigenvalue weighted by molar-refractivity contribution is 5.41. The Bertz CT molecular complexity index is 964. The first-order valence-electron chi connectivity index (χ1n) is 11.0. The molecule has 30 heavy (non-hydrogen) atoms. The second-order valence-corrected chi connectivity index (χ2v) is 8.30. The van der Waals surface area contributed by atoms with Gasteiger partial charge in [-0.15, -0.1) is 0 Å². The van der Waals surface area contributed by atoms with Gasteiger partial charge in [0.15, 0.2) is 5.82 Å². The van der Waals surface area contributed by atoms with Gasteiger partial charge < -0.3 is 10.0 Å². The summed E-state index contributed by atoms with van der Waals surface area (Å²) >= 11 is 0. The molecule has 6 heteroatoms. The van der Waals surface area contributed by atoms with Gasteiger partial charge in [-0.2, -0.15) is 9.78 Å². The molecule has 1 fully saturated rings. The first-order chi connectivity index (χ1) is 14.8. The number of aromatic nitrogens is 3. The van der Waals surface area contributed by atoms with Gasteiger partial charge in [0.2, 0.25) is 5.88 Å². The molecule has 1 aliphatic carbocycles. The Balaban J connectivity index is 1.26. The summed E-state index contributed by atoms with van der Waals surface area (Å²) in [6, 6.07) is 16.7. The van der Waals surface area contributed by atoms with Crippen molar-refractivity contribution >= 4 is 0 Å². The lowest BCUT2D eigenvalue weighted by atomic mass is 9.91. The van der Waals surface area contributed by atoms with E-state index in [2.05, 4.69) is 45.1 Å². The lowest BCUT2D eigenvalue weighted by Gasteiger charge is -2.40. The van der Waals surface area contributed by atoms with Crippen LogP contribution in [0.1, 0.15) is 35.7 Å². The maximum absolute atomic E-state index is 11.0. The maximum Gasteiger partial charge on any atom is 0.220 e. The minimum atomic E-state index is 0.252. The highest BCUT2D eigenvalue weighted by atomic mass is 16.3. The summed E-state index contributed by atoms with van der Waals surface area (Å²) in [5.74, 6) is 0.939. The molecule has 0 radical (unpaired) electrons. The first-order valence-corrected chi connectivity index (χ1v) is 11.0. The Morgan fingerprint density at radius 3 is 2.53 bits per heavy atom. The normalized spacial score (nSPS) is 20.2. The fraction of sp³-hybridized carbons (Fsp3) is 0.417. The van der Waals surface area contributed by atoms with Gasteiger partial charge in [0.1, 0.15) is 0 Å². The molecule has 156 valence electrons. The van der Waals surface area contributed by atoms with E-state index in [0.29, 0.717) is 5.82 Å². The van der Waals surface area contributed by atoms with Gasteiger partial charge in [-0.3, -0.25) is 4.90 Å². The molecule has 0 spiro atoms. The summed E-state index contributed by atoms with van der Waals surface area (Å²) in [5.41, 5.74) is 3.45. The van der Waals surface area contributed by atoms with Crippen molar-refractivity contribution in [2.75, 3.05) is 32.7 Å². The van der Waals surface area contributed by atoms with Gasteiger partial charge in [0, 0.05) is 45.0 Å². The van der Waals surface area contributed by atoms with Gasteiger partial charge in [-0.05, 0) is 43.4 Å². The summed E-state index contributed by atoms with van der Waals surface area (Å²) in [5, 5.41) is 15.7. The fourth-order valence-electron chi connectivity index (χ4n) is 4.83. The molecule has 0 amide bonds. The van der Waals surface area contributed by atoms with Crippen molar-refractivity contribution in [1.29, 1.82) is 0 Å². The SMILES string of the molecule is Oc1c2c(nn1-c1ccccn1)CCCC2N1CCN(CCc2ccccc2)CC1. The van der Waals surface area contributed by atoms with E-state index < -0.39 is 0 Å². The maximum atomic E-state index is 11.0. The molecule has 2 aliphatic rings. The lowest BCUT2D eigenvalue weighted by molar-refractivity contribution is 0.0875. The minimum absolute atomic E-state index is 0.252. The van der Waals surface area contributed by atoms with Crippen LogP contribution in [0.5, 0.6) is 5.88 Å². The summed E-state index contributed by atoms with van der Waals surface area (Å²) in [6.07, 6.45) is 5.97. The number of hydrogen-bond donors (Lipinski definition) is 1. The molecule has 1 aromatic carbocycles. The minimum Gasteiger partial charge on any atom is -0.493 e. The summed E-state index contributed by atoms with van der Waals surface area (Å²) < 4.78 is 1.61. The molecule has 3 aromatic rings. The van der Waals surface area contributed by atoms with Crippen LogP contribution < -0.4 is 0 Å². The van der Waals surface area contributed by atoms with Gasteiger partial charge in [0.25, 0.3) is 0 Å². The van der Waals surface area contributed by atoms with Crippen LogP contribution >= 0.6 is 0 Å². The number of aryl methyl sites for hydroxylation is 1. The predicted octanol–water partition coefficient (Wildman–Crippen LogP) is 3.21. The molecule has 0 bridgehead atoms. The zero-order valence-electron chi connectivity index (χ0n) is 17.3. The molecule has 6 nitrogen and oxygen atoms in total. The molecular weight excluding hydrogens is 374 g/mol. The number of benzene rings is 1. The van der Waals surface area contributed by atoms with Crippen molar-refractivity contribution in [3.05, 3.63) is 71.5 Å². The average Bonchev–Trinajstić information content (AvgIpc) is 3.16. The zero-order valence-corrected chi connectivity index (χ0v) is 17.3. The number of nitrogens with zero attached hydrogens (tertiary/aromatic N) is 5. The zero-order chi connectivity index (χ0) is 20.3. The van der Waals surface area contributed by atoms with Gasteiger partial charge >= 0.3 is 0 Å². The Hall–Kier alpha value is -2.70. The summed E-state index contributed by atoms with van der Waals surface area (Å²) in [6.45, 7) is 5.33. The molecule has 3 heterocycles. The van der Waals surface area contributed by atoms with Crippen LogP contribution in [0.3, 0.4) is 0 Å². The third kappa shape index (κ3) is 3.85. The predicted molar refractivity (Wildman–Crippen MR) is 117 cm³/mol. The van der Waals surface area contributed by atoms with E-state index in [1.165, 1.54) is 5.56 Å². The van der Waals surface area contributed by atoms with Crippen LogP contribution in [-0.4, -0.2) is 62.4 Å². The monoisotopic (exact) mass is 403 g/mol. The fourth-order valence-corrected chi connectivity index (χ4v) is 4.83. The Morgan fingerprint density at radius 1 is 0.967 bits per heavy atom. The molecule has 1 aliphatic heterocycles. The first kappa shape index (κ1) is 19.3. The molecule has 0 saturated carbocycles. The van der Waals surface area contributed by atoms with Crippen LogP contribution in [0.4, 0.5) is 0 Å². The van der Waals surface area contributed by atoms with Gasteiger partial charge in [-0.1, -0.05) is 36.4 Å². The molecule has 1 saturated heterocycles. The van der Waals surface area contributed by atoms with E-state index in [9.17, 15) is 5.11 Å². The van der Waals surface area contributed by atoms with Crippen LogP contribution in [0.2, 0.25) is 0 Å². The van der Waals surface area contributed by atoms with Gasteiger partial charge in [0.05, 0.1) is 11.3 Å². The summed E-state index contributed by atoms with van der Waals surface area (Å²) in [7, 11) is 0. The van der Waals surface area contributed by atoms with Crippen molar-refractivity contribution in [1.82, 2.24) is 24.6 Å². The van der Waals surface area contributed by atoms with Crippen molar-refractivity contribution in [2.24, 2.45) is 0 Å². The lowest BCUT2D eigenvalue weighted by Crippen LogP contribution is -2.48. The standard InChI is InChI=1S/C24H29N5O/c30-24-23-20(26-29(24)22-11-4-5-13-25-22)9-6-10-21(23)28-17-15-27(16-18-28)14-12-19-7-2-1-3-8-19/h1-5,7-8,11,13,21,30H,6,9-10,12,14-18H2. The number of pyridine rings is 1. The van der Waals surface area contributed by atoms with E-state index in [1.54, 1.807) is 10.9 Å². The van der Waals surface area contributed by atoms with E-state index in [4.69, 9.17) is 5.10 Å². The van der Waals surface area contributed by atoms with Crippen molar-refractivity contribution in [3.63, 3.8) is 0 Å². The average molecular weight is 404 g/mol.